The van der Waals surface area contributed by atoms with Crippen LogP contribution in [-0.2, 0) is 27.9 Å². The minimum absolute atomic E-state index is 0.0218. The Morgan fingerprint density at radius 3 is 1.19 bits per heavy atom. The van der Waals surface area contributed by atoms with Crippen LogP contribution in [0.3, 0.4) is 0 Å². The third-order valence-electron chi connectivity index (χ3n) is 13.8. The van der Waals surface area contributed by atoms with E-state index in [1.54, 1.807) is 0 Å². The van der Waals surface area contributed by atoms with Gasteiger partial charge in [-0.25, -0.2) is 0 Å². The first-order valence-corrected chi connectivity index (χ1v) is 32.3. The number of carbonyl (C=O) groups is 2. The number of phosphoric acid groups is 1. The first kappa shape index (κ1) is 70.2. The van der Waals surface area contributed by atoms with Gasteiger partial charge < -0.3 is 28.5 Å². The molecule has 0 saturated carbocycles. The Labute approximate surface area is 446 Å². The van der Waals surface area contributed by atoms with Crippen molar-refractivity contribution in [2.45, 2.75) is 309 Å². The van der Waals surface area contributed by atoms with Crippen molar-refractivity contribution in [1.82, 2.24) is 5.32 Å². The number of phosphoric ester groups is 1. The zero-order chi connectivity index (χ0) is 52.9. The lowest BCUT2D eigenvalue weighted by atomic mass is 10.0. The van der Waals surface area contributed by atoms with Crippen LogP contribution < -0.4 is 10.2 Å². The molecule has 72 heavy (non-hydrogen) atoms. The minimum Gasteiger partial charge on any atom is -0.756 e. The van der Waals surface area contributed by atoms with Crippen molar-refractivity contribution in [3.8, 4) is 0 Å². The molecule has 0 rings (SSSR count). The number of nitrogens with one attached hydrogen (secondary N) is 1. The van der Waals surface area contributed by atoms with Crippen LogP contribution in [0.25, 0.3) is 0 Å². The summed E-state index contributed by atoms with van der Waals surface area (Å²) in [5.41, 5.74) is 0. The molecule has 0 aromatic heterocycles. The summed E-state index contributed by atoms with van der Waals surface area (Å²) in [6.45, 7) is 6.85. The van der Waals surface area contributed by atoms with Gasteiger partial charge in [-0.15, -0.1) is 0 Å². The van der Waals surface area contributed by atoms with Crippen LogP contribution in [0.2, 0.25) is 0 Å². The first-order valence-electron chi connectivity index (χ1n) is 30.8. The number of hydrogen-bond donors (Lipinski definition) is 1. The summed E-state index contributed by atoms with van der Waals surface area (Å²) >= 11 is 0. The van der Waals surface area contributed by atoms with Crippen molar-refractivity contribution in [3.05, 3.63) is 36.5 Å². The number of carbonyl (C=O) groups excluding carboxylic acids is 2. The topological polar surface area (TPSA) is 114 Å². The fourth-order valence-electron chi connectivity index (χ4n) is 8.98. The predicted molar refractivity (Wildman–Crippen MR) is 307 cm³/mol. The van der Waals surface area contributed by atoms with Crippen molar-refractivity contribution >= 4 is 19.7 Å². The number of allylic oxidation sites excluding steroid dienone is 5. The molecule has 10 heteroatoms. The van der Waals surface area contributed by atoms with E-state index in [-0.39, 0.29) is 31.5 Å². The number of nitrogens with zero attached hydrogens (tertiary/aromatic N) is 1. The van der Waals surface area contributed by atoms with Gasteiger partial charge in [-0.2, -0.15) is 0 Å². The van der Waals surface area contributed by atoms with Crippen LogP contribution in [0.5, 0.6) is 0 Å². The zero-order valence-electron chi connectivity index (χ0n) is 48.4. The van der Waals surface area contributed by atoms with Crippen LogP contribution in [0.1, 0.15) is 297 Å². The number of amides is 1. The fraction of sp³-hybridized carbons (Fsp3) is 0.871. The van der Waals surface area contributed by atoms with Crippen molar-refractivity contribution in [1.29, 1.82) is 0 Å². The first-order chi connectivity index (χ1) is 34.9. The number of esters is 1. The molecule has 9 nitrogen and oxygen atoms in total. The number of ether oxygens (including phenoxy) is 1. The summed E-state index contributed by atoms with van der Waals surface area (Å²) in [5, 5.41) is 3.03. The zero-order valence-corrected chi connectivity index (χ0v) is 49.3. The summed E-state index contributed by atoms with van der Waals surface area (Å²) in [5.74, 6) is -0.539. The largest absolute Gasteiger partial charge is 0.756 e. The van der Waals surface area contributed by atoms with Crippen LogP contribution in [0.15, 0.2) is 36.5 Å². The molecule has 1 amide bonds. The Morgan fingerprint density at radius 2 is 0.806 bits per heavy atom. The Morgan fingerprint density at radius 1 is 0.472 bits per heavy atom. The van der Waals surface area contributed by atoms with E-state index in [1.807, 2.05) is 33.3 Å². The molecule has 0 bridgehead atoms. The number of unbranched alkanes of at least 4 members (excludes halogenated alkanes) is 36. The van der Waals surface area contributed by atoms with E-state index in [9.17, 15) is 19.0 Å². The van der Waals surface area contributed by atoms with Gasteiger partial charge in [0.2, 0.25) is 5.91 Å². The molecule has 0 aliphatic heterocycles. The quantitative estimate of drug-likeness (QED) is 0.0212. The Kier molecular flexibility index (Phi) is 51.4. The Bertz CT molecular complexity index is 1330. The van der Waals surface area contributed by atoms with Gasteiger partial charge in [0.1, 0.15) is 19.3 Å². The molecule has 0 radical (unpaired) electrons. The highest BCUT2D eigenvalue weighted by Gasteiger charge is 2.27. The smallest absolute Gasteiger partial charge is 0.306 e. The van der Waals surface area contributed by atoms with Gasteiger partial charge in [-0.1, -0.05) is 237 Å². The van der Waals surface area contributed by atoms with Crippen molar-refractivity contribution in [2.75, 3.05) is 40.9 Å². The molecular weight excluding hydrogens is 916 g/mol. The summed E-state index contributed by atoms with van der Waals surface area (Å²) in [6, 6.07) is -0.888. The summed E-state index contributed by atoms with van der Waals surface area (Å²) in [7, 11) is 1.19. The highest BCUT2D eigenvalue weighted by molar-refractivity contribution is 7.45. The number of rotatable bonds is 56. The Hall–Kier alpha value is -1.77. The molecule has 0 fully saturated rings. The minimum atomic E-state index is -4.69. The van der Waals surface area contributed by atoms with E-state index in [1.165, 1.54) is 193 Å². The second kappa shape index (κ2) is 52.7. The second-order valence-corrected chi connectivity index (χ2v) is 23.6. The fourth-order valence-corrected chi connectivity index (χ4v) is 9.71. The Balaban J connectivity index is 5.25. The maximum absolute atomic E-state index is 13.5. The predicted octanol–water partition coefficient (Wildman–Crippen LogP) is 18.1. The molecule has 3 atom stereocenters. The summed E-state index contributed by atoms with van der Waals surface area (Å²) < 4.78 is 30.3. The molecule has 0 aliphatic carbocycles. The number of likely N-dealkylation sites (N-methyl/N-ethyl adjacent to an activating group) is 1. The average Bonchev–Trinajstić information content (AvgIpc) is 3.34. The van der Waals surface area contributed by atoms with E-state index < -0.39 is 20.0 Å². The van der Waals surface area contributed by atoms with E-state index in [0.717, 1.165) is 70.6 Å². The van der Waals surface area contributed by atoms with Gasteiger partial charge in [0, 0.05) is 12.8 Å². The monoisotopic (exact) mass is 1030 g/mol. The van der Waals surface area contributed by atoms with Crippen LogP contribution >= 0.6 is 7.82 Å². The van der Waals surface area contributed by atoms with E-state index in [0.29, 0.717) is 17.4 Å². The van der Waals surface area contributed by atoms with E-state index >= 15 is 0 Å². The van der Waals surface area contributed by atoms with E-state index in [4.69, 9.17) is 13.8 Å². The SMILES string of the molecule is CCCCCC/C=C\CCCCCCCCCC(=O)NC(COP(=O)([O-])OCC[N+](C)(C)C)C(/C=C/CCCCCCCCCCCC)OC(=O)CCCCCCCCCCC/C=C/CCCCCCCC. The maximum Gasteiger partial charge on any atom is 0.306 e. The lowest BCUT2D eigenvalue weighted by molar-refractivity contribution is -0.870. The van der Waals surface area contributed by atoms with Crippen LogP contribution in [0.4, 0.5) is 0 Å². The van der Waals surface area contributed by atoms with Gasteiger partial charge in [-0.05, 0) is 83.1 Å². The molecule has 0 heterocycles. The summed E-state index contributed by atoms with van der Waals surface area (Å²) in [6.07, 6.45) is 62.4. The van der Waals surface area contributed by atoms with Crippen molar-refractivity contribution in [2.24, 2.45) is 0 Å². The highest BCUT2D eigenvalue weighted by Crippen LogP contribution is 2.38. The van der Waals surface area contributed by atoms with Crippen molar-refractivity contribution < 1.29 is 37.3 Å². The second-order valence-electron chi connectivity index (χ2n) is 22.2. The molecule has 0 aromatic rings. The average molecular weight is 1040 g/mol. The lowest BCUT2D eigenvalue weighted by Gasteiger charge is -2.30. The van der Waals surface area contributed by atoms with E-state index in [2.05, 4.69) is 50.4 Å². The maximum atomic E-state index is 13.5. The van der Waals surface area contributed by atoms with Gasteiger partial charge in [0.05, 0.1) is 33.8 Å². The third-order valence-corrected chi connectivity index (χ3v) is 14.8. The van der Waals surface area contributed by atoms with Gasteiger partial charge in [0.15, 0.2) is 0 Å². The molecule has 0 aliphatic rings. The molecule has 0 spiro atoms. The van der Waals surface area contributed by atoms with Crippen LogP contribution in [-0.4, -0.2) is 69.4 Å². The molecular formula is C62H119N2O7P. The molecule has 0 saturated heterocycles. The molecule has 0 aromatic carbocycles. The van der Waals surface area contributed by atoms with Gasteiger partial charge in [0.25, 0.3) is 7.82 Å². The summed E-state index contributed by atoms with van der Waals surface area (Å²) in [4.78, 5) is 39.9. The number of quaternary nitrogens is 1. The van der Waals surface area contributed by atoms with Gasteiger partial charge in [-0.3, -0.25) is 14.2 Å². The normalized spacial score (nSPS) is 13.9. The number of hydrogen-bond acceptors (Lipinski definition) is 7. The highest BCUT2D eigenvalue weighted by atomic mass is 31.2. The van der Waals surface area contributed by atoms with Crippen LogP contribution in [0, 0.1) is 0 Å². The lowest BCUT2D eigenvalue weighted by Crippen LogP contribution is -2.47. The van der Waals surface area contributed by atoms with Crippen molar-refractivity contribution in [3.63, 3.8) is 0 Å². The molecule has 424 valence electrons. The third kappa shape index (κ3) is 53.1. The standard InChI is InChI=1S/C62H119N2O7P/c1-7-10-13-16-19-22-25-28-30-31-32-33-35-37-40-43-46-49-52-55-62(66)71-60(53-50-47-44-41-38-27-24-21-18-15-12-9-3)59(58-70-72(67,68)69-57-56-64(4,5)6)63-61(65)54-51-48-45-42-39-36-34-29-26-23-20-17-14-11-8-2/h23,26,28,30,50,53,59-60H,7-22,24-25,27,29,31-49,51-52,54-58H2,1-6H3,(H-,63,65,67,68)/b26-23-,30-28+,53-50+. The molecule has 1 N–H and O–H groups in total. The van der Waals surface area contributed by atoms with Gasteiger partial charge >= 0.3 is 5.97 Å². The molecule has 3 unspecified atom stereocenters.